The van der Waals surface area contributed by atoms with Crippen molar-refractivity contribution in [1.82, 2.24) is 4.57 Å². The summed E-state index contributed by atoms with van der Waals surface area (Å²) in [6.07, 6.45) is 1.88. The third-order valence-electron chi connectivity index (χ3n) is 8.07. The molecule has 7 nitrogen and oxygen atoms in total. The number of hydrogen-bond acceptors (Lipinski definition) is 6. The molecule has 1 atom stereocenters. The maximum absolute atomic E-state index is 14.3. The molecule has 8 heteroatoms. The van der Waals surface area contributed by atoms with Gasteiger partial charge < -0.3 is 15.3 Å². The lowest BCUT2D eigenvalue weighted by Crippen LogP contribution is -2.40. The Morgan fingerprint density at radius 1 is 0.956 bits per heavy atom. The summed E-state index contributed by atoms with van der Waals surface area (Å²) in [6.45, 7) is 14.2. The SMILES string of the molecule is CC1=C(C(=O)Nc2ccccc2)[C@H](c2ccc(N(C)C)cc2)n2c(s/c(=C\c3cc(C(C)(C)C)c(O)c(C(C)(C)C)c3)c2=O)=N1. The summed E-state index contributed by atoms with van der Waals surface area (Å²) >= 11 is 1.31. The number of thiazole rings is 1. The number of carbonyl (C=O) groups excluding carboxylic acids is 1. The summed E-state index contributed by atoms with van der Waals surface area (Å²) in [7, 11) is 3.95. The van der Waals surface area contributed by atoms with Crippen LogP contribution in [0, 0.1) is 0 Å². The van der Waals surface area contributed by atoms with Gasteiger partial charge in [-0.05, 0) is 71.4 Å². The Kier molecular flexibility index (Phi) is 8.40. The molecule has 5 rings (SSSR count). The summed E-state index contributed by atoms with van der Waals surface area (Å²) in [4.78, 5) is 35.5. The summed E-state index contributed by atoms with van der Waals surface area (Å²) in [5.74, 6) is -0.0129. The van der Waals surface area contributed by atoms with Crippen molar-refractivity contribution in [3.63, 3.8) is 0 Å². The van der Waals surface area contributed by atoms with Gasteiger partial charge in [-0.25, -0.2) is 4.99 Å². The Balaban J connectivity index is 1.71. The van der Waals surface area contributed by atoms with Gasteiger partial charge in [-0.15, -0.1) is 0 Å². The zero-order valence-electron chi connectivity index (χ0n) is 27.5. The first kappa shape index (κ1) is 32.0. The summed E-state index contributed by atoms with van der Waals surface area (Å²) < 4.78 is 2.15. The lowest BCUT2D eigenvalue weighted by molar-refractivity contribution is -0.113. The molecule has 4 aromatic rings. The molecule has 3 aromatic carbocycles. The average Bonchev–Trinajstić information content (AvgIpc) is 3.26. The van der Waals surface area contributed by atoms with Crippen LogP contribution in [0.1, 0.15) is 76.8 Å². The molecule has 0 saturated carbocycles. The van der Waals surface area contributed by atoms with Crippen LogP contribution in [0.2, 0.25) is 0 Å². The molecule has 1 aliphatic rings. The lowest BCUT2D eigenvalue weighted by Gasteiger charge is -2.27. The van der Waals surface area contributed by atoms with Crippen molar-refractivity contribution in [2.75, 3.05) is 24.3 Å². The quantitative estimate of drug-likeness (QED) is 0.276. The highest BCUT2D eigenvalue weighted by Crippen LogP contribution is 2.40. The first-order valence-electron chi connectivity index (χ1n) is 15.1. The maximum Gasteiger partial charge on any atom is 0.271 e. The van der Waals surface area contributed by atoms with E-state index in [2.05, 4.69) is 46.9 Å². The van der Waals surface area contributed by atoms with Crippen LogP contribution in [-0.4, -0.2) is 29.7 Å². The van der Waals surface area contributed by atoms with Crippen molar-refractivity contribution in [2.24, 2.45) is 4.99 Å². The van der Waals surface area contributed by atoms with E-state index < -0.39 is 6.04 Å². The van der Waals surface area contributed by atoms with Crippen LogP contribution < -0.4 is 25.1 Å². The first-order chi connectivity index (χ1) is 21.1. The third-order valence-corrected chi connectivity index (χ3v) is 9.05. The molecule has 0 aliphatic carbocycles. The number of aromatic hydroxyl groups is 1. The van der Waals surface area contributed by atoms with Gasteiger partial charge in [0, 0.05) is 36.6 Å². The number of nitrogens with one attached hydrogen (secondary N) is 1. The maximum atomic E-state index is 14.3. The van der Waals surface area contributed by atoms with Crippen LogP contribution in [0.25, 0.3) is 6.08 Å². The molecule has 0 bridgehead atoms. The van der Waals surface area contributed by atoms with E-state index in [4.69, 9.17) is 4.99 Å². The lowest BCUT2D eigenvalue weighted by atomic mass is 9.78. The van der Waals surface area contributed by atoms with Crippen LogP contribution in [0.15, 0.2) is 87.8 Å². The zero-order valence-corrected chi connectivity index (χ0v) is 28.3. The van der Waals surface area contributed by atoms with E-state index in [0.29, 0.717) is 32.0 Å². The molecule has 0 spiro atoms. The van der Waals surface area contributed by atoms with Crippen molar-refractivity contribution in [3.05, 3.63) is 120 Å². The largest absolute Gasteiger partial charge is 0.507 e. The van der Waals surface area contributed by atoms with Gasteiger partial charge in [0.1, 0.15) is 5.75 Å². The molecule has 2 N–H and O–H groups in total. The fourth-order valence-corrected chi connectivity index (χ4v) is 6.68. The fourth-order valence-electron chi connectivity index (χ4n) is 5.64. The highest BCUT2D eigenvalue weighted by atomic mass is 32.1. The van der Waals surface area contributed by atoms with Gasteiger partial charge in [0.2, 0.25) is 0 Å². The summed E-state index contributed by atoms with van der Waals surface area (Å²) in [6, 6.07) is 20.5. The Morgan fingerprint density at radius 3 is 2.07 bits per heavy atom. The zero-order chi connectivity index (χ0) is 32.8. The van der Waals surface area contributed by atoms with E-state index in [1.807, 2.05) is 98.7 Å². The molecule has 0 fully saturated rings. The van der Waals surface area contributed by atoms with Gasteiger partial charge in [0.15, 0.2) is 4.80 Å². The number of phenolic OH excluding ortho intramolecular Hbond substituents is 1. The summed E-state index contributed by atoms with van der Waals surface area (Å²) in [5, 5.41) is 14.2. The van der Waals surface area contributed by atoms with Crippen LogP contribution in [0.5, 0.6) is 5.75 Å². The Hall–Kier alpha value is -4.43. The van der Waals surface area contributed by atoms with Crippen LogP contribution in [-0.2, 0) is 15.6 Å². The number of hydrogen-bond donors (Lipinski definition) is 2. The van der Waals surface area contributed by atoms with Crippen molar-refractivity contribution in [3.8, 4) is 5.75 Å². The molecule has 45 heavy (non-hydrogen) atoms. The standard InChI is InChI=1S/C37H42N4O3S/c1-22-30(33(43)39-25-13-11-10-12-14-25)31(24-15-17-26(18-16-24)40(8)9)41-34(44)29(45-35(41)38-22)21-23-19-27(36(2,3)4)32(42)28(20-23)37(5,6)7/h10-21,31,42H,1-9H3,(H,39,43)/b29-21-/t31-/m0/s1. The second kappa shape index (κ2) is 11.8. The molecule has 0 saturated heterocycles. The Labute approximate surface area is 268 Å². The van der Waals surface area contributed by atoms with E-state index in [-0.39, 0.29) is 22.3 Å². The number of rotatable bonds is 5. The van der Waals surface area contributed by atoms with Gasteiger partial charge in [0.25, 0.3) is 11.5 Å². The molecule has 234 valence electrons. The van der Waals surface area contributed by atoms with Crippen LogP contribution in [0.3, 0.4) is 0 Å². The summed E-state index contributed by atoms with van der Waals surface area (Å²) in [5.41, 5.74) is 5.12. The number of allylic oxidation sites excluding steroid dienone is 1. The van der Waals surface area contributed by atoms with Gasteiger partial charge in [-0.3, -0.25) is 14.2 Å². The van der Waals surface area contributed by atoms with Gasteiger partial charge in [-0.2, -0.15) is 0 Å². The van der Waals surface area contributed by atoms with E-state index in [1.165, 1.54) is 11.3 Å². The first-order valence-corrected chi connectivity index (χ1v) is 15.9. The smallest absolute Gasteiger partial charge is 0.271 e. The number of carbonyl (C=O) groups is 1. The molecule has 0 unspecified atom stereocenters. The predicted octanol–water partition coefficient (Wildman–Crippen LogP) is 6.24. The molecular weight excluding hydrogens is 580 g/mol. The Morgan fingerprint density at radius 2 is 1.53 bits per heavy atom. The Bertz CT molecular complexity index is 1940. The monoisotopic (exact) mass is 622 g/mol. The molecule has 0 radical (unpaired) electrons. The molecular formula is C37H42N4O3S. The number of benzene rings is 3. The topological polar surface area (TPSA) is 86.9 Å². The van der Waals surface area contributed by atoms with Crippen molar-refractivity contribution in [2.45, 2.75) is 65.3 Å². The van der Waals surface area contributed by atoms with E-state index >= 15 is 0 Å². The molecule has 1 aromatic heterocycles. The number of phenols is 1. The second-order valence-electron chi connectivity index (χ2n) is 13.9. The highest BCUT2D eigenvalue weighted by Gasteiger charge is 2.33. The van der Waals surface area contributed by atoms with E-state index in [1.54, 1.807) is 4.57 Å². The number of nitrogens with zero attached hydrogens (tertiary/aromatic N) is 3. The predicted molar refractivity (Wildman–Crippen MR) is 185 cm³/mol. The minimum Gasteiger partial charge on any atom is -0.507 e. The number of fused-ring (bicyclic) bond motifs is 1. The number of anilines is 2. The van der Waals surface area contributed by atoms with Crippen molar-refractivity contribution in [1.29, 1.82) is 0 Å². The van der Waals surface area contributed by atoms with E-state index in [0.717, 1.165) is 27.9 Å². The van der Waals surface area contributed by atoms with Crippen LogP contribution >= 0.6 is 11.3 Å². The fraction of sp³-hybridized carbons (Fsp3) is 0.324. The van der Waals surface area contributed by atoms with E-state index in [9.17, 15) is 14.7 Å². The highest BCUT2D eigenvalue weighted by molar-refractivity contribution is 7.07. The normalized spacial score (nSPS) is 15.5. The van der Waals surface area contributed by atoms with Gasteiger partial charge >= 0.3 is 0 Å². The average molecular weight is 623 g/mol. The molecule has 1 amide bonds. The molecule has 2 heterocycles. The second-order valence-corrected chi connectivity index (χ2v) is 14.9. The number of para-hydroxylation sites is 1. The number of amides is 1. The van der Waals surface area contributed by atoms with Crippen molar-refractivity contribution >= 4 is 34.7 Å². The minimum absolute atomic E-state index is 0.222. The van der Waals surface area contributed by atoms with Crippen LogP contribution in [0.4, 0.5) is 11.4 Å². The van der Waals surface area contributed by atoms with Gasteiger partial charge in [-0.1, -0.05) is 83.2 Å². The molecule has 1 aliphatic heterocycles. The number of aromatic nitrogens is 1. The van der Waals surface area contributed by atoms with Crippen molar-refractivity contribution < 1.29 is 9.90 Å². The third kappa shape index (κ3) is 6.38. The van der Waals surface area contributed by atoms with Gasteiger partial charge in [0.05, 0.1) is 21.8 Å². The minimum atomic E-state index is -0.668.